The maximum Gasteiger partial charge on any atom is 0.218 e. The van der Waals surface area contributed by atoms with E-state index in [-0.39, 0.29) is 5.25 Å². The summed E-state index contributed by atoms with van der Waals surface area (Å²) >= 11 is 1.94. The molecule has 0 aromatic rings. The number of sulfonamides is 1. The number of thioether (sulfide) groups is 1. The maximum atomic E-state index is 12.3. The Bertz CT molecular complexity index is 339. The highest BCUT2D eigenvalue weighted by Gasteiger charge is 2.32. The number of nitrogens with one attached hydrogen (secondary N) is 1. The van der Waals surface area contributed by atoms with Crippen LogP contribution in [0.3, 0.4) is 0 Å². The fourth-order valence-corrected chi connectivity index (χ4v) is 5.36. The summed E-state index contributed by atoms with van der Waals surface area (Å²) in [6, 6.07) is 0. The molecule has 2 saturated heterocycles. The molecule has 0 aromatic carbocycles. The van der Waals surface area contributed by atoms with Gasteiger partial charge in [-0.15, -0.1) is 0 Å². The lowest BCUT2D eigenvalue weighted by atomic mass is 10.2. The van der Waals surface area contributed by atoms with Gasteiger partial charge >= 0.3 is 0 Å². The molecule has 2 aliphatic heterocycles. The minimum Gasteiger partial charge on any atom is -0.314 e. The molecule has 2 heterocycles. The molecule has 2 atom stereocenters. The summed E-state index contributed by atoms with van der Waals surface area (Å²) in [5.74, 6) is 1.19. The topological polar surface area (TPSA) is 49.4 Å². The van der Waals surface area contributed by atoms with Crippen LogP contribution in [0, 0.1) is 0 Å². The largest absolute Gasteiger partial charge is 0.314 e. The van der Waals surface area contributed by atoms with Crippen LogP contribution in [-0.4, -0.2) is 55.2 Å². The van der Waals surface area contributed by atoms with Crippen molar-refractivity contribution in [1.82, 2.24) is 9.62 Å². The third-order valence-corrected chi connectivity index (χ3v) is 7.14. The van der Waals surface area contributed by atoms with Crippen LogP contribution in [-0.2, 0) is 10.0 Å². The smallest absolute Gasteiger partial charge is 0.218 e. The molecular weight excluding hydrogens is 256 g/mol. The van der Waals surface area contributed by atoms with Gasteiger partial charge in [-0.25, -0.2) is 8.42 Å². The van der Waals surface area contributed by atoms with Gasteiger partial charge in [-0.2, -0.15) is 16.1 Å². The summed E-state index contributed by atoms with van der Waals surface area (Å²) in [7, 11) is -3.08. The van der Waals surface area contributed by atoms with E-state index in [1.54, 1.807) is 11.2 Å². The first-order chi connectivity index (χ1) is 8.10. The second-order valence-electron chi connectivity index (χ2n) is 4.91. The van der Waals surface area contributed by atoms with Crippen LogP contribution < -0.4 is 5.32 Å². The lowest BCUT2D eigenvalue weighted by Gasteiger charge is -2.28. The van der Waals surface area contributed by atoms with E-state index >= 15 is 0 Å². The Morgan fingerprint density at radius 1 is 1.41 bits per heavy atom. The zero-order valence-corrected chi connectivity index (χ0v) is 12.0. The van der Waals surface area contributed by atoms with Crippen LogP contribution in [0.4, 0.5) is 0 Å². The molecule has 1 N–H and O–H groups in total. The van der Waals surface area contributed by atoms with E-state index in [2.05, 4.69) is 5.32 Å². The molecule has 4 nitrogen and oxygen atoms in total. The molecule has 2 aliphatic rings. The van der Waals surface area contributed by atoms with Crippen molar-refractivity contribution < 1.29 is 8.42 Å². The first-order valence-corrected chi connectivity index (χ1v) is 8.97. The summed E-state index contributed by atoms with van der Waals surface area (Å²) < 4.78 is 26.3. The fourth-order valence-electron chi connectivity index (χ4n) is 2.37. The number of rotatable bonds is 2. The minimum atomic E-state index is -3.08. The molecule has 0 aromatic heterocycles. The monoisotopic (exact) mass is 278 g/mol. The van der Waals surface area contributed by atoms with E-state index < -0.39 is 10.0 Å². The standard InChI is InChI=1S/C11H22N2O2S2/c1-10-8-12-5-6-13(17(10,14)15)9-11-4-2-3-7-16-11/h10-12H,2-9H2,1H3. The molecule has 2 fully saturated rings. The number of hydrogen-bond donors (Lipinski definition) is 1. The molecule has 0 radical (unpaired) electrons. The van der Waals surface area contributed by atoms with Crippen LogP contribution in [0.5, 0.6) is 0 Å². The van der Waals surface area contributed by atoms with Gasteiger partial charge in [0, 0.05) is 31.4 Å². The van der Waals surface area contributed by atoms with E-state index in [1.165, 1.54) is 25.0 Å². The average Bonchev–Trinajstić information content (AvgIpc) is 2.44. The Balaban J connectivity index is 2.01. The van der Waals surface area contributed by atoms with E-state index in [1.807, 2.05) is 11.8 Å². The molecule has 0 spiro atoms. The molecule has 17 heavy (non-hydrogen) atoms. The molecule has 0 bridgehead atoms. The van der Waals surface area contributed by atoms with Crippen molar-refractivity contribution in [3.05, 3.63) is 0 Å². The van der Waals surface area contributed by atoms with Gasteiger partial charge < -0.3 is 5.32 Å². The fraction of sp³-hybridized carbons (Fsp3) is 1.00. The normalized spacial score (nSPS) is 35.4. The lowest BCUT2D eigenvalue weighted by molar-refractivity contribution is 0.406. The van der Waals surface area contributed by atoms with Crippen molar-refractivity contribution in [2.75, 3.05) is 31.9 Å². The van der Waals surface area contributed by atoms with Gasteiger partial charge in [0.05, 0.1) is 5.25 Å². The molecule has 0 saturated carbocycles. The molecule has 6 heteroatoms. The Morgan fingerprint density at radius 2 is 2.24 bits per heavy atom. The highest BCUT2D eigenvalue weighted by molar-refractivity contribution is 8.00. The van der Waals surface area contributed by atoms with Crippen molar-refractivity contribution in [2.45, 2.75) is 36.7 Å². The van der Waals surface area contributed by atoms with Crippen LogP contribution in [0.15, 0.2) is 0 Å². The van der Waals surface area contributed by atoms with Crippen molar-refractivity contribution in [3.8, 4) is 0 Å². The third-order valence-electron chi connectivity index (χ3n) is 3.52. The Labute approximate surface area is 109 Å². The highest BCUT2D eigenvalue weighted by atomic mass is 32.2. The number of nitrogens with zero attached hydrogens (tertiary/aromatic N) is 1. The summed E-state index contributed by atoms with van der Waals surface area (Å²) in [6.45, 7) is 4.50. The van der Waals surface area contributed by atoms with Gasteiger partial charge in [0.2, 0.25) is 10.0 Å². The zero-order valence-electron chi connectivity index (χ0n) is 10.4. The maximum absolute atomic E-state index is 12.3. The second kappa shape index (κ2) is 5.91. The van der Waals surface area contributed by atoms with Gasteiger partial charge in [-0.05, 0) is 25.5 Å². The van der Waals surface area contributed by atoms with Gasteiger partial charge in [0.1, 0.15) is 0 Å². The quantitative estimate of drug-likeness (QED) is 0.815. The molecular formula is C11H22N2O2S2. The van der Waals surface area contributed by atoms with Gasteiger partial charge in [0.25, 0.3) is 0 Å². The number of hydrogen-bond acceptors (Lipinski definition) is 4. The van der Waals surface area contributed by atoms with E-state index in [0.717, 1.165) is 6.54 Å². The van der Waals surface area contributed by atoms with Crippen LogP contribution in [0.1, 0.15) is 26.2 Å². The molecule has 100 valence electrons. The van der Waals surface area contributed by atoms with Crippen molar-refractivity contribution in [1.29, 1.82) is 0 Å². The Hall–Kier alpha value is 0.220. The van der Waals surface area contributed by atoms with Crippen molar-refractivity contribution in [3.63, 3.8) is 0 Å². The van der Waals surface area contributed by atoms with Crippen molar-refractivity contribution in [2.24, 2.45) is 0 Å². The van der Waals surface area contributed by atoms with E-state index in [4.69, 9.17) is 0 Å². The van der Waals surface area contributed by atoms with Gasteiger partial charge in [-0.3, -0.25) is 0 Å². The second-order valence-corrected chi connectivity index (χ2v) is 8.67. The highest BCUT2D eigenvalue weighted by Crippen LogP contribution is 2.27. The zero-order chi connectivity index (χ0) is 12.3. The third kappa shape index (κ3) is 3.36. The van der Waals surface area contributed by atoms with Gasteiger partial charge in [0.15, 0.2) is 0 Å². The lowest BCUT2D eigenvalue weighted by Crippen LogP contribution is -2.41. The van der Waals surface area contributed by atoms with Crippen molar-refractivity contribution >= 4 is 21.8 Å². The first-order valence-electron chi connectivity index (χ1n) is 6.42. The summed E-state index contributed by atoms with van der Waals surface area (Å²) in [5, 5.41) is 3.40. The van der Waals surface area contributed by atoms with E-state index in [0.29, 0.717) is 24.9 Å². The predicted octanol–water partition coefficient (Wildman–Crippen LogP) is 0.896. The Morgan fingerprint density at radius 3 is 2.94 bits per heavy atom. The van der Waals surface area contributed by atoms with E-state index in [9.17, 15) is 8.42 Å². The summed E-state index contributed by atoms with van der Waals surface area (Å²) in [5.41, 5.74) is 0. The predicted molar refractivity (Wildman–Crippen MR) is 72.9 cm³/mol. The van der Waals surface area contributed by atoms with Crippen LogP contribution in [0.2, 0.25) is 0 Å². The Kier molecular flexibility index (Phi) is 4.74. The minimum absolute atomic E-state index is 0.293. The molecule has 2 unspecified atom stereocenters. The molecule has 2 rings (SSSR count). The molecule has 0 aliphatic carbocycles. The first kappa shape index (κ1) is 13.6. The SMILES string of the molecule is CC1CNCCN(CC2CCCCS2)S1(=O)=O. The summed E-state index contributed by atoms with van der Waals surface area (Å²) in [4.78, 5) is 0. The van der Waals surface area contributed by atoms with Crippen LogP contribution in [0.25, 0.3) is 0 Å². The van der Waals surface area contributed by atoms with Gasteiger partial charge in [-0.1, -0.05) is 6.42 Å². The summed E-state index contributed by atoms with van der Waals surface area (Å²) in [6.07, 6.45) is 3.70. The average molecular weight is 278 g/mol. The van der Waals surface area contributed by atoms with Crippen LogP contribution >= 0.6 is 11.8 Å². The molecule has 0 amide bonds.